The van der Waals surface area contributed by atoms with Gasteiger partial charge >= 0.3 is 0 Å². The predicted octanol–water partition coefficient (Wildman–Crippen LogP) is 2.05. The average molecular weight is 251 g/mol. The molecule has 0 unspecified atom stereocenters. The molecule has 0 spiro atoms. The second-order valence-electron chi connectivity index (χ2n) is 4.68. The molecule has 0 saturated heterocycles. The Morgan fingerprint density at radius 1 is 1.39 bits per heavy atom. The molecule has 0 saturated carbocycles. The number of aromatic nitrogens is 1. The molecule has 1 N–H and O–H groups in total. The number of nitrogens with one attached hydrogen (secondary N) is 1. The van der Waals surface area contributed by atoms with Gasteiger partial charge in [0.1, 0.15) is 5.82 Å². The van der Waals surface area contributed by atoms with Gasteiger partial charge in [-0.3, -0.25) is 0 Å². The van der Waals surface area contributed by atoms with Crippen LogP contribution >= 0.6 is 0 Å². The Labute approximate surface area is 110 Å². The van der Waals surface area contributed by atoms with E-state index >= 15 is 0 Å². The average Bonchev–Trinajstić information content (AvgIpc) is 2.37. The molecule has 1 aromatic heterocycles. The summed E-state index contributed by atoms with van der Waals surface area (Å²) in [6, 6.07) is 4.68. The molecule has 4 heteroatoms. The van der Waals surface area contributed by atoms with Crippen molar-refractivity contribution in [2.75, 3.05) is 31.7 Å². The summed E-state index contributed by atoms with van der Waals surface area (Å²) in [5, 5.41) is 3.38. The molecule has 0 radical (unpaired) electrons. The van der Waals surface area contributed by atoms with Crippen LogP contribution in [0.25, 0.3) is 0 Å². The van der Waals surface area contributed by atoms with E-state index in [4.69, 9.17) is 4.74 Å². The third-order valence-corrected chi connectivity index (χ3v) is 2.69. The van der Waals surface area contributed by atoms with Gasteiger partial charge < -0.3 is 15.0 Å². The summed E-state index contributed by atoms with van der Waals surface area (Å²) in [7, 11) is 2.04. The molecule has 0 amide bonds. The highest BCUT2D eigenvalue weighted by Crippen LogP contribution is 2.09. The first-order valence-electron chi connectivity index (χ1n) is 6.60. The lowest BCUT2D eigenvalue weighted by Crippen LogP contribution is -2.24. The fraction of sp³-hybridized carbons (Fsp3) is 0.643. The number of likely N-dealkylation sites (N-methyl/N-ethyl adjacent to an activating group) is 1. The van der Waals surface area contributed by atoms with Crippen LogP contribution in [0.3, 0.4) is 0 Å². The number of hydrogen-bond acceptors (Lipinski definition) is 4. The number of hydrogen-bond donors (Lipinski definition) is 1. The summed E-state index contributed by atoms with van der Waals surface area (Å²) in [5.74, 6) is 0.989. The third-order valence-electron chi connectivity index (χ3n) is 2.69. The van der Waals surface area contributed by atoms with Crippen LogP contribution in [-0.4, -0.2) is 37.8 Å². The van der Waals surface area contributed by atoms with Gasteiger partial charge in [-0.15, -0.1) is 0 Å². The van der Waals surface area contributed by atoms with Gasteiger partial charge in [0.15, 0.2) is 0 Å². The van der Waals surface area contributed by atoms with E-state index in [1.54, 1.807) is 0 Å². The quantitative estimate of drug-likeness (QED) is 0.718. The minimum Gasteiger partial charge on any atom is -0.380 e. The highest BCUT2D eigenvalue weighted by Gasteiger charge is 2.02. The van der Waals surface area contributed by atoms with Crippen molar-refractivity contribution in [3.05, 3.63) is 23.9 Å². The molecule has 4 nitrogen and oxygen atoms in total. The second-order valence-corrected chi connectivity index (χ2v) is 4.68. The molecule has 0 fully saturated rings. The van der Waals surface area contributed by atoms with E-state index in [1.807, 2.05) is 20.2 Å². The first-order valence-corrected chi connectivity index (χ1v) is 6.60. The fourth-order valence-electron chi connectivity index (χ4n) is 1.53. The largest absolute Gasteiger partial charge is 0.380 e. The van der Waals surface area contributed by atoms with Crippen LogP contribution in [-0.2, 0) is 11.3 Å². The lowest BCUT2D eigenvalue weighted by atomic mass is 10.2. The van der Waals surface area contributed by atoms with Crippen molar-refractivity contribution < 1.29 is 4.74 Å². The third kappa shape index (κ3) is 5.47. The van der Waals surface area contributed by atoms with Gasteiger partial charge in [-0.25, -0.2) is 4.98 Å². The van der Waals surface area contributed by atoms with Gasteiger partial charge in [0.05, 0.1) is 6.61 Å². The minimum absolute atomic E-state index is 0.499. The maximum absolute atomic E-state index is 5.33. The van der Waals surface area contributed by atoms with Crippen molar-refractivity contribution in [2.24, 2.45) is 0 Å². The van der Waals surface area contributed by atoms with E-state index in [9.17, 15) is 0 Å². The molecule has 0 aliphatic rings. The number of nitrogens with zero attached hydrogens (tertiary/aromatic N) is 2. The van der Waals surface area contributed by atoms with Crippen LogP contribution in [0.4, 0.5) is 5.82 Å². The van der Waals surface area contributed by atoms with E-state index < -0.39 is 0 Å². The van der Waals surface area contributed by atoms with Gasteiger partial charge in [-0.1, -0.05) is 19.9 Å². The molecule has 0 atom stereocenters. The molecule has 0 aromatic carbocycles. The van der Waals surface area contributed by atoms with E-state index in [1.165, 1.54) is 5.56 Å². The Morgan fingerprint density at radius 3 is 2.72 bits per heavy atom. The molecule has 1 aromatic rings. The Bertz CT molecular complexity index is 324. The molecular weight excluding hydrogens is 226 g/mol. The Morgan fingerprint density at radius 2 is 2.17 bits per heavy atom. The van der Waals surface area contributed by atoms with Crippen LogP contribution < -0.4 is 10.2 Å². The molecule has 1 heterocycles. The Hall–Kier alpha value is -1.13. The lowest BCUT2D eigenvalue weighted by Gasteiger charge is -2.18. The first-order chi connectivity index (χ1) is 8.63. The van der Waals surface area contributed by atoms with Crippen molar-refractivity contribution >= 4 is 5.82 Å². The zero-order valence-corrected chi connectivity index (χ0v) is 11.9. The van der Waals surface area contributed by atoms with E-state index in [2.05, 4.69) is 41.2 Å². The van der Waals surface area contributed by atoms with Crippen molar-refractivity contribution in [3.8, 4) is 0 Å². The van der Waals surface area contributed by atoms with Crippen LogP contribution in [0.5, 0.6) is 0 Å². The summed E-state index contributed by atoms with van der Waals surface area (Å²) >= 11 is 0. The number of pyridine rings is 1. The van der Waals surface area contributed by atoms with Gasteiger partial charge in [0.2, 0.25) is 0 Å². The fourth-order valence-corrected chi connectivity index (χ4v) is 1.53. The standard InChI is InChI=1S/C14H25N3O/c1-5-18-9-8-17(4)14-7-6-13(11-16-14)10-15-12(2)3/h6-7,11-12,15H,5,8-10H2,1-4H3. The van der Waals surface area contributed by atoms with Crippen LogP contribution in [0.1, 0.15) is 26.3 Å². The van der Waals surface area contributed by atoms with E-state index in [0.29, 0.717) is 6.04 Å². The number of rotatable bonds is 8. The number of ether oxygens (including phenoxy) is 1. The molecular formula is C14H25N3O. The highest BCUT2D eigenvalue weighted by atomic mass is 16.5. The first kappa shape index (κ1) is 14.9. The zero-order chi connectivity index (χ0) is 13.4. The monoisotopic (exact) mass is 251 g/mol. The van der Waals surface area contributed by atoms with Crippen LogP contribution in [0.2, 0.25) is 0 Å². The van der Waals surface area contributed by atoms with E-state index in [0.717, 1.165) is 32.1 Å². The summed E-state index contributed by atoms with van der Waals surface area (Å²) in [4.78, 5) is 6.57. The van der Waals surface area contributed by atoms with Crippen molar-refractivity contribution in [3.63, 3.8) is 0 Å². The molecule has 0 aliphatic heterocycles. The van der Waals surface area contributed by atoms with Gasteiger partial charge in [-0.2, -0.15) is 0 Å². The second kappa shape index (κ2) is 8.06. The Balaban J connectivity index is 2.43. The predicted molar refractivity (Wildman–Crippen MR) is 76.0 cm³/mol. The topological polar surface area (TPSA) is 37.4 Å². The zero-order valence-electron chi connectivity index (χ0n) is 11.9. The van der Waals surface area contributed by atoms with Crippen LogP contribution in [0.15, 0.2) is 18.3 Å². The summed E-state index contributed by atoms with van der Waals surface area (Å²) < 4.78 is 5.33. The molecule has 0 bridgehead atoms. The van der Waals surface area contributed by atoms with Crippen LogP contribution in [0, 0.1) is 0 Å². The summed E-state index contributed by atoms with van der Waals surface area (Å²) in [6.45, 7) is 9.53. The summed E-state index contributed by atoms with van der Waals surface area (Å²) in [5.41, 5.74) is 1.21. The lowest BCUT2D eigenvalue weighted by molar-refractivity contribution is 0.154. The molecule has 0 aliphatic carbocycles. The highest BCUT2D eigenvalue weighted by molar-refractivity contribution is 5.38. The molecule has 102 valence electrons. The Kier molecular flexibility index (Phi) is 6.68. The molecule has 1 rings (SSSR count). The van der Waals surface area contributed by atoms with Gasteiger partial charge in [-0.05, 0) is 18.6 Å². The van der Waals surface area contributed by atoms with Gasteiger partial charge in [0.25, 0.3) is 0 Å². The van der Waals surface area contributed by atoms with Crippen molar-refractivity contribution in [1.29, 1.82) is 0 Å². The molecule has 18 heavy (non-hydrogen) atoms. The maximum Gasteiger partial charge on any atom is 0.128 e. The SMILES string of the molecule is CCOCCN(C)c1ccc(CNC(C)C)cn1. The van der Waals surface area contributed by atoms with Crippen molar-refractivity contribution in [2.45, 2.75) is 33.4 Å². The summed E-state index contributed by atoms with van der Waals surface area (Å²) in [6.07, 6.45) is 1.93. The normalized spacial score (nSPS) is 10.9. The van der Waals surface area contributed by atoms with E-state index in [-0.39, 0.29) is 0 Å². The maximum atomic E-state index is 5.33. The van der Waals surface area contributed by atoms with Gasteiger partial charge in [0, 0.05) is 39.0 Å². The minimum atomic E-state index is 0.499. The van der Waals surface area contributed by atoms with Crippen molar-refractivity contribution in [1.82, 2.24) is 10.3 Å². The number of anilines is 1. The smallest absolute Gasteiger partial charge is 0.128 e.